The first-order chi connectivity index (χ1) is 9.10. The number of aromatic hydroxyl groups is 1. The summed E-state index contributed by atoms with van der Waals surface area (Å²) < 4.78 is 0. The van der Waals surface area contributed by atoms with Gasteiger partial charge in [0.25, 0.3) is 0 Å². The minimum atomic E-state index is -0.764. The number of aldehydes is 1. The number of phenolic OH excluding ortho intramolecular Hbond substituents is 1. The summed E-state index contributed by atoms with van der Waals surface area (Å²) in [7, 11) is 0. The highest BCUT2D eigenvalue weighted by Gasteiger charge is 2.17. The first-order valence-electron chi connectivity index (χ1n) is 5.24. The lowest BCUT2D eigenvalue weighted by atomic mass is 10.1. The fourth-order valence-electron chi connectivity index (χ4n) is 1.39. The Hall–Kier alpha value is -2.86. The van der Waals surface area contributed by atoms with Gasteiger partial charge in [-0.25, -0.2) is 0 Å². The van der Waals surface area contributed by atoms with Crippen molar-refractivity contribution in [1.29, 1.82) is 0 Å². The molecule has 0 atom stereocenters. The maximum Gasteiger partial charge on any atom is 0.312 e. The van der Waals surface area contributed by atoms with E-state index in [-0.39, 0.29) is 12.1 Å². The van der Waals surface area contributed by atoms with Crippen LogP contribution < -0.4 is 0 Å². The van der Waals surface area contributed by atoms with Gasteiger partial charge in [0, 0.05) is 17.5 Å². The molecule has 98 valence electrons. The summed E-state index contributed by atoms with van der Waals surface area (Å²) in [6, 6.07) is 2.49. The normalized spacial score (nSPS) is 10.1. The molecule has 8 nitrogen and oxygen atoms in total. The van der Waals surface area contributed by atoms with Crippen LogP contribution in [0.4, 0.5) is 5.69 Å². The zero-order chi connectivity index (χ0) is 14.3. The molecule has 0 saturated carbocycles. The molecule has 0 saturated heterocycles. The highest BCUT2D eigenvalue weighted by atomic mass is 16.6. The minimum absolute atomic E-state index is 0.149. The number of azide groups is 1. The van der Waals surface area contributed by atoms with Gasteiger partial charge in [-0.3, -0.25) is 14.9 Å². The third-order valence-electron chi connectivity index (χ3n) is 2.23. The minimum Gasteiger partial charge on any atom is -0.502 e. The smallest absolute Gasteiger partial charge is 0.312 e. The quantitative estimate of drug-likeness (QED) is 0.161. The van der Waals surface area contributed by atoms with E-state index in [1.165, 1.54) is 6.07 Å². The number of carbonyl (C=O) groups is 1. The Labute approximate surface area is 107 Å². The van der Waals surface area contributed by atoms with Crippen molar-refractivity contribution in [3.05, 3.63) is 49.9 Å². The summed E-state index contributed by atoms with van der Waals surface area (Å²) >= 11 is 0. The van der Waals surface area contributed by atoms with E-state index in [2.05, 4.69) is 10.0 Å². The van der Waals surface area contributed by atoms with E-state index < -0.39 is 16.4 Å². The van der Waals surface area contributed by atoms with Crippen LogP contribution in [0.1, 0.15) is 22.3 Å². The van der Waals surface area contributed by atoms with Crippen LogP contribution in [0.25, 0.3) is 16.5 Å². The van der Waals surface area contributed by atoms with Crippen LogP contribution in [-0.2, 0) is 0 Å². The molecule has 0 amide bonds. The molecule has 0 spiro atoms. The van der Waals surface area contributed by atoms with Crippen molar-refractivity contribution >= 4 is 18.0 Å². The largest absolute Gasteiger partial charge is 0.502 e. The molecule has 0 bridgehead atoms. The van der Waals surface area contributed by atoms with E-state index in [1.54, 1.807) is 12.2 Å². The molecule has 1 N–H and O–H groups in total. The summed E-state index contributed by atoms with van der Waals surface area (Å²) in [5.74, 6) is -0.647. The molecule has 0 heterocycles. The molecule has 0 radical (unpaired) electrons. The van der Waals surface area contributed by atoms with E-state index in [9.17, 15) is 20.0 Å². The van der Waals surface area contributed by atoms with Gasteiger partial charge in [-0.2, -0.15) is 0 Å². The van der Waals surface area contributed by atoms with Crippen LogP contribution >= 0.6 is 0 Å². The maximum absolute atomic E-state index is 10.7. The summed E-state index contributed by atoms with van der Waals surface area (Å²) in [5, 5.41) is 23.5. The third kappa shape index (κ3) is 3.83. The topological polar surface area (TPSA) is 129 Å². The fraction of sp³-hybridized carbons (Fsp3) is 0.182. The molecule has 0 aromatic heterocycles. The Morgan fingerprint density at radius 2 is 2.26 bits per heavy atom. The van der Waals surface area contributed by atoms with Crippen molar-refractivity contribution in [3.63, 3.8) is 0 Å². The molecule has 1 rings (SSSR count). The van der Waals surface area contributed by atoms with Crippen LogP contribution in [-0.4, -0.2) is 22.9 Å². The maximum atomic E-state index is 10.7. The molecule has 1 aromatic rings. The van der Waals surface area contributed by atoms with Crippen molar-refractivity contribution in [2.45, 2.75) is 6.42 Å². The fourth-order valence-corrected chi connectivity index (χ4v) is 1.39. The lowest BCUT2D eigenvalue weighted by Crippen LogP contribution is -1.93. The number of benzene rings is 1. The van der Waals surface area contributed by atoms with Crippen molar-refractivity contribution in [1.82, 2.24) is 0 Å². The van der Waals surface area contributed by atoms with E-state index in [0.717, 1.165) is 6.07 Å². The van der Waals surface area contributed by atoms with Crippen LogP contribution in [0, 0.1) is 10.1 Å². The second kappa shape index (κ2) is 6.77. The number of nitrogens with zero attached hydrogens (tertiary/aromatic N) is 4. The second-order valence-corrected chi connectivity index (χ2v) is 3.50. The van der Waals surface area contributed by atoms with Gasteiger partial charge in [0.2, 0.25) is 5.75 Å². The summed E-state index contributed by atoms with van der Waals surface area (Å²) in [6.45, 7) is 0.272. The molecule has 0 unspecified atom stereocenters. The highest BCUT2D eigenvalue weighted by Crippen LogP contribution is 2.30. The van der Waals surface area contributed by atoms with Crippen LogP contribution in [0.15, 0.2) is 23.3 Å². The van der Waals surface area contributed by atoms with Crippen molar-refractivity contribution in [2.24, 2.45) is 5.11 Å². The van der Waals surface area contributed by atoms with E-state index >= 15 is 0 Å². The molecular weight excluding hydrogens is 252 g/mol. The molecule has 0 aliphatic carbocycles. The Morgan fingerprint density at radius 1 is 1.53 bits per heavy atom. The zero-order valence-corrected chi connectivity index (χ0v) is 9.76. The van der Waals surface area contributed by atoms with Crippen LogP contribution in [0.5, 0.6) is 5.75 Å². The number of phenols is 1. The van der Waals surface area contributed by atoms with Crippen molar-refractivity contribution in [2.75, 3.05) is 6.54 Å². The van der Waals surface area contributed by atoms with E-state index in [4.69, 9.17) is 5.53 Å². The molecule has 0 aliphatic heterocycles. The highest BCUT2D eigenvalue weighted by molar-refractivity contribution is 5.83. The lowest BCUT2D eigenvalue weighted by molar-refractivity contribution is -0.385. The first-order valence-corrected chi connectivity index (χ1v) is 5.24. The van der Waals surface area contributed by atoms with Gasteiger partial charge in [0.05, 0.1) is 10.5 Å². The molecular formula is C11H10N4O4. The number of carbonyl (C=O) groups excluding carboxylic acids is 1. The molecule has 0 aliphatic rings. The molecule has 8 heteroatoms. The van der Waals surface area contributed by atoms with Gasteiger partial charge in [-0.15, -0.1) is 0 Å². The number of hydrogen-bond acceptors (Lipinski definition) is 5. The summed E-state index contributed by atoms with van der Waals surface area (Å²) in [5.41, 5.74) is 7.80. The van der Waals surface area contributed by atoms with E-state index in [0.29, 0.717) is 18.3 Å². The number of hydrogen-bond donors (Lipinski definition) is 1. The average Bonchev–Trinajstić information content (AvgIpc) is 2.39. The number of nitro groups is 1. The summed E-state index contributed by atoms with van der Waals surface area (Å²) in [4.78, 5) is 23.2. The Bertz CT molecular complexity index is 576. The van der Waals surface area contributed by atoms with Crippen molar-refractivity contribution < 1.29 is 14.8 Å². The molecule has 19 heavy (non-hydrogen) atoms. The van der Waals surface area contributed by atoms with Gasteiger partial charge in [0.15, 0.2) is 6.29 Å². The lowest BCUT2D eigenvalue weighted by Gasteiger charge is -2.01. The molecule has 0 fully saturated rings. The SMILES string of the molecule is [N-]=[N+]=NCCC=Cc1cc(C=O)c(O)c([N+](=O)[O-])c1. The van der Waals surface area contributed by atoms with Crippen molar-refractivity contribution in [3.8, 4) is 5.75 Å². The van der Waals surface area contributed by atoms with Gasteiger partial charge in [0.1, 0.15) is 0 Å². The Balaban J connectivity index is 3.01. The van der Waals surface area contributed by atoms with Gasteiger partial charge in [-0.05, 0) is 23.6 Å². The monoisotopic (exact) mass is 262 g/mol. The number of nitro benzene ring substituents is 1. The zero-order valence-electron chi connectivity index (χ0n) is 9.76. The first kappa shape index (κ1) is 14.2. The predicted molar refractivity (Wildman–Crippen MR) is 67.8 cm³/mol. The predicted octanol–water partition coefficient (Wildman–Crippen LogP) is 2.83. The second-order valence-electron chi connectivity index (χ2n) is 3.50. The van der Waals surface area contributed by atoms with Crippen LogP contribution in [0.3, 0.4) is 0 Å². The van der Waals surface area contributed by atoms with E-state index in [1.807, 2.05) is 0 Å². The Kier molecular flexibility index (Phi) is 5.06. The average molecular weight is 262 g/mol. The standard InChI is InChI=1S/C11H10N4O4/c12-14-13-4-2-1-3-8-5-9(7-16)11(17)10(6-8)15(18)19/h1,3,5-7,17H,2,4H2. The summed E-state index contributed by atoms with van der Waals surface area (Å²) in [6.07, 6.45) is 4.01. The Morgan fingerprint density at radius 3 is 2.84 bits per heavy atom. The third-order valence-corrected chi connectivity index (χ3v) is 2.23. The van der Waals surface area contributed by atoms with Gasteiger partial charge >= 0.3 is 5.69 Å². The van der Waals surface area contributed by atoms with Gasteiger partial charge < -0.3 is 5.11 Å². The van der Waals surface area contributed by atoms with Crippen LogP contribution in [0.2, 0.25) is 0 Å². The molecule has 1 aromatic carbocycles. The van der Waals surface area contributed by atoms with Gasteiger partial charge in [-0.1, -0.05) is 17.3 Å². The number of rotatable bonds is 6.